The second kappa shape index (κ2) is 5.02. The normalized spacial score (nSPS) is 12.4. The van der Waals surface area contributed by atoms with Crippen LogP contribution in [0.3, 0.4) is 0 Å². The van der Waals surface area contributed by atoms with Crippen molar-refractivity contribution in [3.63, 3.8) is 0 Å². The number of nitrogens with two attached hydrogens (primary N) is 1. The van der Waals surface area contributed by atoms with Gasteiger partial charge in [-0.05, 0) is 24.3 Å². The second-order valence-electron chi connectivity index (χ2n) is 4.64. The van der Waals surface area contributed by atoms with Crippen molar-refractivity contribution in [2.24, 2.45) is 5.73 Å². The first-order valence-corrected chi connectivity index (χ1v) is 6.76. The van der Waals surface area contributed by atoms with E-state index >= 15 is 0 Å². The molecule has 0 spiro atoms. The molecule has 0 aliphatic carbocycles. The summed E-state index contributed by atoms with van der Waals surface area (Å²) < 4.78 is 2.03. The van der Waals surface area contributed by atoms with Crippen LogP contribution in [-0.2, 0) is 0 Å². The Morgan fingerprint density at radius 2 is 2.15 bits per heavy atom. The van der Waals surface area contributed by atoms with Crippen LogP contribution in [0.25, 0.3) is 16.9 Å². The van der Waals surface area contributed by atoms with Crippen LogP contribution in [-0.4, -0.2) is 19.4 Å². The quantitative estimate of drug-likeness (QED) is 0.750. The second-order valence-corrected chi connectivity index (χ2v) is 5.11. The van der Waals surface area contributed by atoms with Crippen molar-refractivity contribution in [1.29, 1.82) is 0 Å². The van der Waals surface area contributed by atoms with Crippen LogP contribution in [0.1, 0.15) is 18.5 Å². The Bertz CT molecular complexity index is 764. The van der Waals surface area contributed by atoms with Gasteiger partial charge in [0.1, 0.15) is 5.65 Å². The zero-order valence-electron chi connectivity index (χ0n) is 11.0. The van der Waals surface area contributed by atoms with E-state index in [1.165, 1.54) is 0 Å². The molecule has 0 saturated carbocycles. The van der Waals surface area contributed by atoms with E-state index in [2.05, 4.69) is 4.98 Å². The topological polar surface area (TPSA) is 56.2 Å². The van der Waals surface area contributed by atoms with Gasteiger partial charge in [-0.3, -0.25) is 4.98 Å². The highest BCUT2D eigenvalue weighted by Crippen LogP contribution is 2.29. The molecule has 0 aliphatic rings. The van der Waals surface area contributed by atoms with Crippen molar-refractivity contribution in [3.8, 4) is 11.3 Å². The average molecular weight is 282 g/mol. The van der Waals surface area contributed by atoms with E-state index in [1.807, 2.05) is 47.9 Å². The number of imidazole rings is 1. The Morgan fingerprint density at radius 1 is 1.30 bits per heavy atom. The first-order valence-electron chi connectivity index (χ1n) is 6.35. The fourth-order valence-electron chi connectivity index (χ4n) is 2.28. The highest BCUT2D eigenvalue weighted by molar-refractivity contribution is 7.80. The highest BCUT2D eigenvalue weighted by atomic mass is 32.1. The third-order valence-corrected chi connectivity index (χ3v) is 3.69. The highest BCUT2D eigenvalue weighted by Gasteiger charge is 2.20. The van der Waals surface area contributed by atoms with Crippen LogP contribution in [0.15, 0.2) is 48.9 Å². The molecule has 0 fully saturated rings. The maximum atomic E-state index is 5.84. The third kappa shape index (κ3) is 2.06. The van der Waals surface area contributed by atoms with Crippen LogP contribution >= 0.6 is 12.2 Å². The van der Waals surface area contributed by atoms with Gasteiger partial charge < -0.3 is 10.1 Å². The number of hydrogen-bond acceptors (Lipinski definition) is 3. The molecule has 5 heteroatoms. The van der Waals surface area contributed by atoms with Gasteiger partial charge in [0.05, 0.1) is 16.4 Å². The van der Waals surface area contributed by atoms with Gasteiger partial charge in [-0.15, -0.1) is 0 Å². The number of rotatable bonds is 3. The summed E-state index contributed by atoms with van der Waals surface area (Å²) in [6.07, 6.45) is 5.53. The molecule has 3 aromatic rings. The van der Waals surface area contributed by atoms with Gasteiger partial charge in [0, 0.05) is 30.1 Å². The Hall–Kier alpha value is -2.27. The molecule has 3 heterocycles. The molecular weight excluding hydrogens is 268 g/mol. The van der Waals surface area contributed by atoms with Crippen molar-refractivity contribution in [2.75, 3.05) is 0 Å². The molecule has 0 aromatic carbocycles. The fraction of sp³-hybridized carbons (Fsp3) is 0.133. The van der Waals surface area contributed by atoms with Gasteiger partial charge in [0.25, 0.3) is 0 Å². The monoisotopic (exact) mass is 282 g/mol. The van der Waals surface area contributed by atoms with Gasteiger partial charge in [0.15, 0.2) is 0 Å². The molecule has 4 nitrogen and oxygen atoms in total. The molecule has 1 unspecified atom stereocenters. The molecule has 0 amide bonds. The fourth-order valence-corrected chi connectivity index (χ4v) is 2.39. The predicted molar refractivity (Wildman–Crippen MR) is 83.6 cm³/mol. The van der Waals surface area contributed by atoms with E-state index < -0.39 is 0 Å². The van der Waals surface area contributed by atoms with Crippen LogP contribution < -0.4 is 5.73 Å². The summed E-state index contributed by atoms with van der Waals surface area (Å²) in [7, 11) is 0. The van der Waals surface area contributed by atoms with Crippen LogP contribution in [0.2, 0.25) is 0 Å². The molecule has 0 bridgehead atoms. The summed E-state index contributed by atoms with van der Waals surface area (Å²) in [4.78, 5) is 9.32. The van der Waals surface area contributed by atoms with E-state index in [-0.39, 0.29) is 5.92 Å². The van der Waals surface area contributed by atoms with E-state index in [4.69, 9.17) is 22.9 Å². The lowest BCUT2D eigenvalue weighted by atomic mass is 10.0. The molecule has 20 heavy (non-hydrogen) atoms. The zero-order valence-corrected chi connectivity index (χ0v) is 11.8. The summed E-state index contributed by atoms with van der Waals surface area (Å²) in [6, 6.07) is 9.79. The molecule has 0 saturated heterocycles. The van der Waals surface area contributed by atoms with E-state index in [0.717, 1.165) is 22.6 Å². The largest absolute Gasteiger partial charge is 0.393 e. The summed E-state index contributed by atoms with van der Waals surface area (Å²) in [6.45, 7) is 2.00. The average Bonchev–Trinajstić information content (AvgIpc) is 2.86. The van der Waals surface area contributed by atoms with Crippen LogP contribution in [0.4, 0.5) is 0 Å². The van der Waals surface area contributed by atoms with E-state index in [1.54, 1.807) is 12.4 Å². The van der Waals surface area contributed by atoms with Crippen molar-refractivity contribution < 1.29 is 0 Å². The maximum Gasteiger partial charge on any atom is 0.137 e. The summed E-state index contributed by atoms with van der Waals surface area (Å²) >= 11 is 5.16. The summed E-state index contributed by atoms with van der Waals surface area (Å²) in [5.74, 6) is -0.0578. The molecular formula is C15H14N4S. The summed E-state index contributed by atoms with van der Waals surface area (Å²) in [5, 5.41) is 0. The van der Waals surface area contributed by atoms with Crippen molar-refractivity contribution in [1.82, 2.24) is 14.4 Å². The number of aromatic nitrogens is 3. The Morgan fingerprint density at radius 3 is 2.85 bits per heavy atom. The molecule has 1 atom stereocenters. The van der Waals surface area contributed by atoms with Gasteiger partial charge in [0.2, 0.25) is 0 Å². The summed E-state index contributed by atoms with van der Waals surface area (Å²) in [5.41, 5.74) is 9.57. The maximum absolute atomic E-state index is 5.84. The lowest BCUT2D eigenvalue weighted by Gasteiger charge is -2.12. The van der Waals surface area contributed by atoms with Crippen molar-refractivity contribution in [3.05, 3.63) is 54.6 Å². The van der Waals surface area contributed by atoms with Crippen molar-refractivity contribution >= 4 is 22.9 Å². The first-order chi connectivity index (χ1) is 9.68. The minimum Gasteiger partial charge on any atom is -0.393 e. The van der Waals surface area contributed by atoms with Gasteiger partial charge in [-0.25, -0.2) is 4.98 Å². The third-order valence-electron chi connectivity index (χ3n) is 3.34. The number of hydrogen-bond donors (Lipinski definition) is 1. The Balaban J connectivity index is 2.31. The predicted octanol–water partition coefficient (Wildman–Crippen LogP) is 2.79. The number of thiocarbonyl (C=S) groups is 1. The van der Waals surface area contributed by atoms with Gasteiger partial charge >= 0.3 is 0 Å². The Kier molecular flexibility index (Phi) is 3.20. The Labute approximate surface area is 122 Å². The number of nitrogens with zero attached hydrogens (tertiary/aromatic N) is 3. The lowest BCUT2D eigenvalue weighted by molar-refractivity contribution is 0.930. The van der Waals surface area contributed by atoms with Gasteiger partial charge in [-0.1, -0.05) is 25.2 Å². The molecule has 3 aromatic heterocycles. The number of fused-ring (bicyclic) bond motifs is 1. The standard InChI is InChI=1S/C15H14N4S/c1-10(15(16)20)14-13(11-5-4-7-17-9-11)18-12-6-2-3-8-19(12)14/h2-10H,1H3,(H2,16,20). The van der Waals surface area contributed by atoms with E-state index in [9.17, 15) is 0 Å². The number of pyridine rings is 2. The van der Waals surface area contributed by atoms with Crippen LogP contribution in [0, 0.1) is 0 Å². The molecule has 0 aliphatic heterocycles. The minimum absolute atomic E-state index is 0.0578. The van der Waals surface area contributed by atoms with Gasteiger partial charge in [-0.2, -0.15) is 0 Å². The van der Waals surface area contributed by atoms with Crippen LogP contribution in [0.5, 0.6) is 0 Å². The lowest BCUT2D eigenvalue weighted by Crippen LogP contribution is -2.18. The first kappa shape index (κ1) is 12.7. The molecule has 3 rings (SSSR count). The van der Waals surface area contributed by atoms with E-state index in [0.29, 0.717) is 4.99 Å². The minimum atomic E-state index is -0.0578. The molecule has 100 valence electrons. The van der Waals surface area contributed by atoms with Crippen molar-refractivity contribution in [2.45, 2.75) is 12.8 Å². The molecule has 2 N–H and O–H groups in total. The smallest absolute Gasteiger partial charge is 0.137 e. The molecule has 0 radical (unpaired) electrons. The zero-order chi connectivity index (χ0) is 14.1. The SMILES string of the molecule is CC(C(N)=S)c1c(-c2cccnc2)nc2ccccn12.